The summed E-state index contributed by atoms with van der Waals surface area (Å²) in [5, 5.41) is 13.1. The fraction of sp³-hybridized carbons (Fsp3) is 0.500. The maximum atomic E-state index is 11.7. The number of nitrogens with one attached hydrogen (secondary N) is 1. The number of nitrogens with zero attached hydrogens (tertiary/aromatic N) is 2. The lowest BCUT2D eigenvalue weighted by Gasteiger charge is -1.96. The molecule has 0 radical (unpaired) electrons. The maximum Gasteiger partial charge on any atom is 0.453 e. The number of rotatable bonds is 1. The van der Waals surface area contributed by atoms with Crippen molar-refractivity contribution in [3.63, 3.8) is 0 Å². The highest BCUT2D eigenvalue weighted by atomic mass is 19.4. The predicted octanol–water partition coefficient (Wildman–Crippen LogP) is 0.316. The minimum absolute atomic E-state index is 0.197. The van der Waals surface area contributed by atoms with Crippen LogP contribution in [0.4, 0.5) is 13.2 Å². The summed E-state index contributed by atoms with van der Waals surface area (Å²) >= 11 is 0. The summed E-state index contributed by atoms with van der Waals surface area (Å²) in [6.07, 6.45) is -4.55. The van der Waals surface area contributed by atoms with Crippen LogP contribution in [-0.4, -0.2) is 20.3 Å². The third-order valence-corrected chi connectivity index (χ3v) is 0.935. The van der Waals surface area contributed by atoms with Gasteiger partial charge in [-0.05, 0) is 0 Å². The molecule has 1 aromatic heterocycles. The smallest absolute Gasteiger partial charge is 0.388 e. The van der Waals surface area contributed by atoms with Gasteiger partial charge in [0.1, 0.15) is 6.61 Å². The minimum Gasteiger partial charge on any atom is -0.388 e. The Morgan fingerprint density at radius 1 is 1.45 bits per heavy atom. The molecule has 0 aliphatic rings. The molecular weight excluding hydrogens is 163 g/mol. The summed E-state index contributed by atoms with van der Waals surface area (Å²) in [4.78, 5) is 2.96. The van der Waals surface area contributed by atoms with Crippen molar-refractivity contribution >= 4 is 0 Å². The number of halogens is 3. The van der Waals surface area contributed by atoms with E-state index in [0.717, 1.165) is 0 Å². The molecule has 0 amide bonds. The molecule has 62 valence electrons. The zero-order valence-corrected chi connectivity index (χ0v) is 5.18. The molecule has 0 aliphatic heterocycles. The molecule has 2 N–H and O–H groups in total. The highest BCUT2D eigenvalue weighted by Gasteiger charge is 2.35. The summed E-state index contributed by atoms with van der Waals surface area (Å²) in [5.41, 5.74) is 0. The Morgan fingerprint density at radius 3 is 2.36 bits per heavy atom. The van der Waals surface area contributed by atoms with Gasteiger partial charge < -0.3 is 5.11 Å². The fourth-order valence-corrected chi connectivity index (χ4v) is 0.493. The molecule has 1 aromatic rings. The van der Waals surface area contributed by atoms with Crippen LogP contribution in [-0.2, 0) is 12.8 Å². The van der Waals surface area contributed by atoms with Gasteiger partial charge in [-0.2, -0.15) is 13.2 Å². The number of aromatic amines is 1. The molecule has 0 fully saturated rings. The van der Waals surface area contributed by atoms with E-state index in [4.69, 9.17) is 5.11 Å². The summed E-state index contributed by atoms with van der Waals surface area (Å²) in [7, 11) is 0. The van der Waals surface area contributed by atoms with Crippen LogP contribution in [0.25, 0.3) is 0 Å². The van der Waals surface area contributed by atoms with Crippen molar-refractivity contribution in [3.8, 4) is 0 Å². The number of aromatic nitrogens is 3. The minimum atomic E-state index is -4.55. The Hall–Kier alpha value is -1.11. The molecule has 0 saturated carbocycles. The molecule has 1 heterocycles. The van der Waals surface area contributed by atoms with Crippen LogP contribution in [0, 0.1) is 0 Å². The van der Waals surface area contributed by atoms with Crippen molar-refractivity contribution in [3.05, 3.63) is 11.6 Å². The molecular formula is C4H4F3N3O. The Labute approximate surface area is 59.1 Å². The zero-order valence-electron chi connectivity index (χ0n) is 5.18. The van der Waals surface area contributed by atoms with Gasteiger partial charge >= 0.3 is 6.18 Å². The number of aliphatic hydroxyl groups is 1. The molecule has 0 atom stereocenters. The monoisotopic (exact) mass is 167 g/mol. The number of H-pyrrole nitrogens is 1. The fourth-order valence-electron chi connectivity index (χ4n) is 0.493. The van der Waals surface area contributed by atoms with Crippen LogP contribution < -0.4 is 0 Å². The molecule has 0 spiro atoms. The van der Waals surface area contributed by atoms with Crippen LogP contribution in [0.5, 0.6) is 0 Å². The van der Waals surface area contributed by atoms with Gasteiger partial charge in [0, 0.05) is 0 Å². The van der Waals surface area contributed by atoms with E-state index in [2.05, 4.69) is 10.1 Å². The van der Waals surface area contributed by atoms with E-state index >= 15 is 0 Å². The van der Waals surface area contributed by atoms with Gasteiger partial charge in [0.05, 0.1) is 0 Å². The van der Waals surface area contributed by atoms with E-state index in [-0.39, 0.29) is 5.82 Å². The molecule has 0 unspecified atom stereocenters. The van der Waals surface area contributed by atoms with Crippen molar-refractivity contribution in [2.75, 3.05) is 0 Å². The van der Waals surface area contributed by atoms with Crippen LogP contribution in [0.3, 0.4) is 0 Å². The molecule has 1 rings (SSSR count). The first kappa shape index (κ1) is 7.99. The van der Waals surface area contributed by atoms with Crippen LogP contribution >= 0.6 is 0 Å². The average Bonchev–Trinajstić information content (AvgIpc) is 2.32. The molecule has 4 nitrogen and oxygen atoms in total. The largest absolute Gasteiger partial charge is 0.453 e. The van der Waals surface area contributed by atoms with E-state index in [1.165, 1.54) is 0 Å². The van der Waals surface area contributed by atoms with E-state index in [1.807, 2.05) is 5.10 Å². The highest BCUT2D eigenvalue weighted by molar-refractivity contribution is 4.92. The first-order valence-electron chi connectivity index (χ1n) is 2.63. The molecule has 11 heavy (non-hydrogen) atoms. The maximum absolute atomic E-state index is 11.7. The number of hydrogen-bond donors (Lipinski definition) is 2. The third kappa shape index (κ3) is 1.67. The Bertz CT molecular complexity index is 243. The highest BCUT2D eigenvalue weighted by Crippen LogP contribution is 2.25. The number of hydrogen-bond acceptors (Lipinski definition) is 3. The zero-order chi connectivity index (χ0) is 8.48. The lowest BCUT2D eigenvalue weighted by Crippen LogP contribution is -2.07. The van der Waals surface area contributed by atoms with E-state index in [1.54, 1.807) is 0 Å². The van der Waals surface area contributed by atoms with Gasteiger partial charge in [0.2, 0.25) is 0 Å². The summed E-state index contributed by atoms with van der Waals surface area (Å²) in [6.45, 7) is -0.580. The second kappa shape index (κ2) is 2.50. The molecule has 0 aromatic carbocycles. The van der Waals surface area contributed by atoms with Crippen molar-refractivity contribution in [1.29, 1.82) is 0 Å². The summed E-state index contributed by atoms with van der Waals surface area (Å²) < 4.78 is 35.1. The summed E-state index contributed by atoms with van der Waals surface area (Å²) in [6, 6.07) is 0. The van der Waals surface area contributed by atoms with E-state index in [9.17, 15) is 13.2 Å². The number of aliphatic hydroxyl groups excluding tert-OH is 1. The lowest BCUT2D eigenvalue weighted by atomic mass is 10.6. The number of alkyl halides is 3. The molecule has 0 saturated heterocycles. The van der Waals surface area contributed by atoms with Crippen LogP contribution in [0.15, 0.2) is 0 Å². The second-order valence-electron chi connectivity index (χ2n) is 1.76. The first-order chi connectivity index (χ1) is 5.04. The van der Waals surface area contributed by atoms with Gasteiger partial charge in [-0.25, -0.2) is 4.98 Å². The topological polar surface area (TPSA) is 61.8 Å². The quantitative estimate of drug-likeness (QED) is 0.632. The van der Waals surface area contributed by atoms with Crippen molar-refractivity contribution in [1.82, 2.24) is 15.2 Å². The van der Waals surface area contributed by atoms with E-state index < -0.39 is 18.6 Å². The van der Waals surface area contributed by atoms with Gasteiger partial charge in [-0.3, -0.25) is 5.10 Å². The lowest BCUT2D eigenvalue weighted by molar-refractivity contribution is -0.144. The Kier molecular flexibility index (Phi) is 1.81. The van der Waals surface area contributed by atoms with Crippen molar-refractivity contribution in [2.45, 2.75) is 12.8 Å². The van der Waals surface area contributed by atoms with Gasteiger partial charge in [-0.15, -0.1) is 5.10 Å². The van der Waals surface area contributed by atoms with E-state index in [0.29, 0.717) is 0 Å². The normalized spacial score (nSPS) is 12.0. The average molecular weight is 167 g/mol. The van der Waals surface area contributed by atoms with Gasteiger partial charge in [-0.1, -0.05) is 0 Å². The SMILES string of the molecule is OCc1nc(C(F)(F)F)n[nH]1. The van der Waals surface area contributed by atoms with Crippen LogP contribution in [0.2, 0.25) is 0 Å². The standard InChI is InChI=1S/C4H4F3N3O/c5-4(6,7)3-8-2(1-11)9-10-3/h11H,1H2,(H,8,9,10). The third-order valence-electron chi connectivity index (χ3n) is 0.935. The molecule has 0 aliphatic carbocycles. The summed E-state index contributed by atoms with van der Waals surface area (Å²) in [5.74, 6) is -1.46. The van der Waals surface area contributed by atoms with Crippen molar-refractivity contribution < 1.29 is 18.3 Å². The Morgan fingerprint density at radius 2 is 2.09 bits per heavy atom. The molecule has 7 heteroatoms. The second-order valence-corrected chi connectivity index (χ2v) is 1.76. The predicted molar refractivity (Wildman–Crippen MR) is 27.3 cm³/mol. The van der Waals surface area contributed by atoms with Crippen molar-refractivity contribution in [2.24, 2.45) is 0 Å². The van der Waals surface area contributed by atoms with Gasteiger partial charge in [0.15, 0.2) is 5.82 Å². The van der Waals surface area contributed by atoms with Crippen LogP contribution in [0.1, 0.15) is 11.6 Å². The van der Waals surface area contributed by atoms with Gasteiger partial charge in [0.25, 0.3) is 5.82 Å². The first-order valence-corrected chi connectivity index (χ1v) is 2.63. The Balaban J connectivity index is 2.89. The molecule has 0 bridgehead atoms.